The van der Waals surface area contributed by atoms with E-state index in [1.807, 2.05) is 0 Å². The Bertz CT molecular complexity index is 489. The molecule has 0 heterocycles. The lowest BCUT2D eigenvalue weighted by atomic mass is 9.95. The third-order valence-electron chi connectivity index (χ3n) is 2.21. The second-order valence-electron chi connectivity index (χ2n) is 3.10. The molecule has 0 amide bonds. The Balaban J connectivity index is 2.62. The maximum Gasteiger partial charge on any atom is 0.200 e. The Kier molecular flexibility index (Phi) is 2.44. The van der Waals surface area contributed by atoms with Gasteiger partial charge in [-0.3, -0.25) is 9.59 Å². The van der Waals surface area contributed by atoms with E-state index in [2.05, 4.69) is 15.9 Å². The van der Waals surface area contributed by atoms with Crippen molar-refractivity contribution in [2.75, 3.05) is 7.11 Å². The Morgan fingerprint density at radius 3 is 2.60 bits per heavy atom. The lowest BCUT2D eigenvalue weighted by Gasteiger charge is -2.12. The highest BCUT2D eigenvalue weighted by atomic mass is 79.9. The fraction of sp³-hybridized carbons (Fsp3) is 0.0909. The van der Waals surface area contributed by atoms with Gasteiger partial charge in [-0.2, -0.15) is 0 Å². The first-order valence-corrected chi connectivity index (χ1v) is 5.07. The summed E-state index contributed by atoms with van der Waals surface area (Å²) in [4.78, 5) is 23.2. The first-order chi connectivity index (χ1) is 7.13. The van der Waals surface area contributed by atoms with Crippen LogP contribution in [-0.2, 0) is 0 Å². The standard InChI is InChI=1S/C11H7BrO3/c1-15-6-2-3-7-8(4-6)11(14)9(12)5-10(7)13/h2-5H,1H3. The smallest absolute Gasteiger partial charge is 0.200 e. The maximum absolute atomic E-state index is 11.7. The van der Waals surface area contributed by atoms with Gasteiger partial charge in [0.25, 0.3) is 0 Å². The van der Waals surface area contributed by atoms with Crippen molar-refractivity contribution in [2.45, 2.75) is 0 Å². The number of ketones is 2. The first kappa shape index (κ1) is 10.1. The monoisotopic (exact) mass is 266 g/mol. The number of fused-ring (bicyclic) bond motifs is 1. The molecule has 1 aromatic carbocycles. The summed E-state index contributed by atoms with van der Waals surface area (Å²) in [6.07, 6.45) is 1.29. The van der Waals surface area contributed by atoms with Gasteiger partial charge in [0.1, 0.15) is 5.75 Å². The number of methoxy groups -OCH3 is 1. The van der Waals surface area contributed by atoms with Gasteiger partial charge in [0.05, 0.1) is 11.6 Å². The van der Waals surface area contributed by atoms with E-state index >= 15 is 0 Å². The van der Waals surface area contributed by atoms with Gasteiger partial charge in [0, 0.05) is 17.2 Å². The van der Waals surface area contributed by atoms with E-state index in [1.165, 1.54) is 13.2 Å². The third-order valence-corrected chi connectivity index (χ3v) is 2.80. The molecule has 4 heteroatoms. The molecular formula is C11H7BrO3. The summed E-state index contributed by atoms with van der Waals surface area (Å²) >= 11 is 3.06. The quantitative estimate of drug-likeness (QED) is 0.784. The van der Waals surface area contributed by atoms with Crippen LogP contribution in [0.5, 0.6) is 5.75 Å². The van der Waals surface area contributed by atoms with Crippen LogP contribution in [0.25, 0.3) is 0 Å². The van der Waals surface area contributed by atoms with E-state index in [-0.39, 0.29) is 16.0 Å². The molecule has 1 aliphatic rings. The molecule has 1 aromatic rings. The summed E-state index contributed by atoms with van der Waals surface area (Å²) in [5.41, 5.74) is 0.803. The van der Waals surface area contributed by atoms with Crippen LogP contribution in [-0.4, -0.2) is 18.7 Å². The van der Waals surface area contributed by atoms with Gasteiger partial charge < -0.3 is 4.74 Å². The Labute approximate surface area is 94.9 Å². The minimum absolute atomic E-state index is 0.167. The molecule has 0 saturated heterocycles. The Morgan fingerprint density at radius 2 is 1.93 bits per heavy atom. The molecule has 0 radical (unpaired) electrons. The van der Waals surface area contributed by atoms with Gasteiger partial charge in [-0.25, -0.2) is 0 Å². The number of allylic oxidation sites excluding steroid dienone is 2. The van der Waals surface area contributed by atoms with Crippen LogP contribution in [0.4, 0.5) is 0 Å². The number of carbonyl (C=O) groups is 2. The summed E-state index contributed by atoms with van der Waals surface area (Å²) in [5.74, 6) is 0.208. The highest BCUT2D eigenvalue weighted by molar-refractivity contribution is 9.12. The zero-order valence-electron chi connectivity index (χ0n) is 7.91. The largest absolute Gasteiger partial charge is 0.497 e. The number of benzene rings is 1. The molecule has 0 bridgehead atoms. The molecular weight excluding hydrogens is 260 g/mol. The summed E-state index contributed by atoms with van der Waals surface area (Å²) in [7, 11) is 1.52. The minimum atomic E-state index is -0.191. The molecule has 0 aliphatic heterocycles. The molecule has 0 unspecified atom stereocenters. The normalized spacial score (nSPS) is 14.7. The Hall–Kier alpha value is -1.42. The maximum atomic E-state index is 11.7. The lowest BCUT2D eigenvalue weighted by molar-refractivity contribution is 0.0991. The number of halogens is 1. The zero-order chi connectivity index (χ0) is 11.0. The molecule has 0 spiro atoms. The highest BCUT2D eigenvalue weighted by Gasteiger charge is 2.24. The number of Topliss-reactive ketones (excluding diaryl/α,β-unsaturated/α-hetero) is 1. The topological polar surface area (TPSA) is 43.4 Å². The second kappa shape index (κ2) is 3.62. The summed E-state index contributed by atoms with van der Waals surface area (Å²) in [6, 6.07) is 4.84. The molecule has 0 aromatic heterocycles. The molecule has 3 nitrogen and oxygen atoms in total. The van der Waals surface area contributed by atoms with Gasteiger partial charge >= 0.3 is 0 Å². The van der Waals surface area contributed by atoms with E-state index in [4.69, 9.17) is 4.74 Å². The van der Waals surface area contributed by atoms with Crippen molar-refractivity contribution >= 4 is 27.5 Å². The van der Waals surface area contributed by atoms with Crippen LogP contribution in [0.2, 0.25) is 0 Å². The van der Waals surface area contributed by atoms with Gasteiger partial charge in [0.2, 0.25) is 5.78 Å². The van der Waals surface area contributed by atoms with Crippen LogP contribution in [0, 0.1) is 0 Å². The van der Waals surface area contributed by atoms with Crippen molar-refractivity contribution in [3.63, 3.8) is 0 Å². The van der Waals surface area contributed by atoms with E-state index < -0.39 is 0 Å². The minimum Gasteiger partial charge on any atom is -0.497 e. The van der Waals surface area contributed by atoms with E-state index in [1.54, 1.807) is 18.2 Å². The van der Waals surface area contributed by atoms with Crippen molar-refractivity contribution in [3.8, 4) is 5.75 Å². The van der Waals surface area contributed by atoms with Gasteiger partial charge in [-0.1, -0.05) is 0 Å². The van der Waals surface area contributed by atoms with Crippen molar-refractivity contribution in [1.82, 2.24) is 0 Å². The fourth-order valence-electron chi connectivity index (χ4n) is 1.44. The van der Waals surface area contributed by atoms with Crippen LogP contribution < -0.4 is 4.74 Å². The molecule has 76 valence electrons. The number of carbonyl (C=O) groups excluding carboxylic acids is 2. The number of hydrogen-bond acceptors (Lipinski definition) is 3. The SMILES string of the molecule is COc1ccc2c(c1)C(=O)C(Br)=CC2=O. The molecule has 0 fully saturated rings. The zero-order valence-corrected chi connectivity index (χ0v) is 9.50. The van der Waals surface area contributed by atoms with Gasteiger partial charge in [-0.15, -0.1) is 0 Å². The summed E-state index contributed by atoms with van der Waals surface area (Å²) in [6.45, 7) is 0. The number of rotatable bonds is 1. The fourth-order valence-corrected chi connectivity index (χ4v) is 1.86. The number of hydrogen-bond donors (Lipinski definition) is 0. The van der Waals surface area contributed by atoms with Crippen LogP contribution in [0.1, 0.15) is 20.7 Å². The van der Waals surface area contributed by atoms with Crippen molar-refractivity contribution in [3.05, 3.63) is 39.9 Å². The van der Waals surface area contributed by atoms with Crippen molar-refractivity contribution < 1.29 is 14.3 Å². The predicted molar refractivity (Wildman–Crippen MR) is 58.7 cm³/mol. The second-order valence-corrected chi connectivity index (χ2v) is 3.95. The molecule has 0 atom stereocenters. The van der Waals surface area contributed by atoms with Crippen LogP contribution in [0.15, 0.2) is 28.8 Å². The predicted octanol–water partition coefficient (Wildman–Crippen LogP) is 2.35. The lowest BCUT2D eigenvalue weighted by Crippen LogP contribution is -2.14. The van der Waals surface area contributed by atoms with Crippen LogP contribution >= 0.6 is 15.9 Å². The average Bonchev–Trinajstić information content (AvgIpc) is 2.25. The molecule has 0 N–H and O–H groups in total. The van der Waals surface area contributed by atoms with Crippen LogP contribution in [0.3, 0.4) is 0 Å². The molecule has 15 heavy (non-hydrogen) atoms. The highest BCUT2D eigenvalue weighted by Crippen LogP contribution is 2.27. The summed E-state index contributed by atoms with van der Waals surface area (Å²) in [5, 5.41) is 0. The molecule has 2 rings (SSSR count). The first-order valence-electron chi connectivity index (χ1n) is 4.27. The van der Waals surface area contributed by atoms with Gasteiger partial charge in [-0.05, 0) is 34.1 Å². The Morgan fingerprint density at radius 1 is 1.20 bits per heavy atom. The van der Waals surface area contributed by atoms with E-state index in [9.17, 15) is 9.59 Å². The average molecular weight is 267 g/mol. The molecule has 1 aliphatic carbocycles. The van der Waals surface area contributed by atoms with E-state index in [0.29, 0.717) is 16.9 Å². The van der Waals surface area contributed by atoms with Crippen molar-refractivity contribution in [1.29, 1.82) is 0 Å². The van der Waals surface area contributed by atoms with Crippen molar-refractivity contribution in [2.24, 2.45) is 0 Å². The van der Waals surface area contributed by atoms with Gasteiger partial charge in [0.15, 0.2) is 5.78 Å². The number of ether oxygens (including phenoxy) is 1. The summed E-state index contributed by atoms with van der Waals surface area (Å²) < 4.78 is 5.29. The molecule has 0 saturated carbocycles. The third kappa shape index (κ3) is 1.61. The van der Waals surface area contributed by atoms with E-state index in [0.717, 1.165) is 0 Å².